The minimum absolute atomic E-state index is 0.0965. The Hall–Kier alpha value is -1.51. The monoisotopic (exact) mass is 301 g/mol. The molecule has 2 atom stereocenters. The van der Waals surface area contributed by atoms with Crippen molar-refractivity contribution in [2.45, 2.75) is 57.9 Å². The first-order valence-electron chi connectivity index (χ1n) is 8.65. The first kappa shape index (κ1) is 15.4. The van der Waals surface area contributed by atoms with E-state index in [1.54, 1.807) is 0 Å². The molecular weight excluding hydrogens is 274 g/mol. The van der Waals surface area contributed by atoms with Gasteiger partial charge in [-0.3, -0.25) is 4.79 Å². The van der Waals surface area contributed by atoms with Gasteiger partial charge in [-0.2, -0.15) is 0 Å². The van der Waals surface area contributed by atoms with Crippen molar-refractivity contribution in [2.75, 3.05) is 13.7 Å². The first-order valence-corrected chi connectivity index (χ1v) is 8.65. The number of benzene rings is 1. The molecule has 120 valence electrons. The van der Waals surface area contributed by atoms with Crippen molar-refractivity contribution < 1.29 is 9.53 Å². The Labute approximate surface area is 133 Å². The maximum absolute atomic E-state index is 12.4. The van der Waals surface area contributed by atoms with E-state index in [1.165, 1.54) is 43.2 Å². The van der Waals surface area contributed by atoms with Crippen LogP contribution >= 0.6 is 0 Å². The van der Waals surface area contributed by atoms with Crippen LogP contribution in [0.4, 0.5) is 0 Å². The van der Waals surface area contributed by atoms with E-state index in [0.29, 0.717) is 12.0 Å². The van der Waals surface area contributed by atoms with Crippen molar-refractivity contribution in [3.8, 4) is 5.75 Å². The predicted octanol–water partition coefficient (Wildman–Crippen LogP) is 3.59. The zero-order valence-corrected chi connectivity index (χ0v) is 13.8. The molecule has 22 heavy (non-hydrogen) atoms. The van der Waals surface area contributed by atoms with Crippen molar-refractivity contribution >= 4 is 5.91 Å². The molecule has 0 bridgehead atoms. The van der Waals surface area contributed by atoms with Gasteiger partial charge in [0.25, 0.3) is 5.91 Å². The van der Waals surface area contributed by atoms with Crippen molar-refractivity contribution in [1.82, 2.24) is 4.90 Å². The topological polar surface area (TPSA) is 29.5 Å². The number of carbonyl (C=O) groups is 1. The Kier molecular flexibility index (Phi) is 4.70. The van der Waals surface area contributed by atoms with Crippen LogP contribution in [0.2, 0.25) is 0 Å². The van der Waals surface area contributed by atoms with E-state index in [2.05, 4.69) is 19.1 Å². The molecule has 2 aliphatic rings. The van der Waals surface area contributed by atoms with Gasteiger partial charge in [0.15, 0.2) is 6.61 Å². The molecule has 3 rings (SSSR count). The summed E-state index contributed by atoms with van der Waals surface area (Å²) in [4.78, 5) is 14.3. The Balaban J connectivity index is 1.55. The molecule has 0 radical (unpaired) electrons. The first-order chi connectivity index (χ1) is 10.6. The third-order valence-electron chi connectivity index (χ3n) is 5.39. The fourth-order valence-electron chi connectivity index (χ4n) is 3.94. The van der Waals surface area contributed by atoms with Gasteiger partial charge in [-0.25, -0.2) is 0 Å². The summed E-state index contributed by atoms with van der Waals surface area (Å²) < 4.78 is 5.75. The highest BCUT2D eigenvalue weighted by Crippen LogP contribution is 2.28. The average molecular weight is 301 g/mol. The summed E-state index contributed by atoms with van der Waals surface area (Å²) in [5, 5.41) is 0. The van der Waals surface area contributed by atoms with Crippen molar-refractivity contribution in [3.63, 3.8) is 0 Å². The Morgan fingerprint density at radius 2 is 1.95 bits per heavy atom. The quantitative estimate of drug-likeness (QED) is 0.850. The van der Waals surface area contributed by atoms with Gasteiger partial charge in [0.1, 0.15) is 5.75 Å². The van der Waals surface area contributed by atoms with Gasteiger partial charge >= 0.3 is 0 Å². The molecule has 2 aliphatic carbocycles. The number of rotatable bonds is 4. The maximum Gasteiger partial charge on any atom is 0.260 e. The van der Waals surface area contributed by atoms with E-state index >= 15 is 0 Å². The molecule has 0 saturated heterocycles. The second-order valence-electron chi connectivity index (χ2n) is 6.91. The number of hydrogen-bond donors (Lipinski definition) is 0. The summed E-state index contributed by atoms with van der Waals surface area (Å²) >= 11 is 0. The largest absolute Gasteiger partial charge is 0.484 e. The third kappa shape index (κ3) is 3.29. The minimum Gasteiger partial charge on any atom is -0.484 e. The van der Waals surface area contributed by atoms with Crippen LogP contribution in [0.1, 0.15) is 50.2 Å². The Morgan fingerprint density at radius 1 is 1.18 bits per heavy atom. The highest BCUT2D eigenvalue weighted by atomic mass is 16.5. The Morgan fingerprint density at radius 3 is 2.77 bits per heavy atom. The SMILES string of the molecule is CC1CCCCC1N(C)C(=O)COc1ccc2c(c1)CCC2. The van der Waals surface area contributed by atoms with Crippen LogP contribution in [0.15, 0.2) is 18.2 Å². The molecule has 1 amide bonds. The van der Waals surface area contributed by atoms with Crippen LogP contribution in [0.25, 0.3) is 0 Å². The average Bonchev–Trinajstić information content (AvgIpc) is 3.00. The lowest BCUT2D eigenvalue weighted by Crippen LogP contribution is -2.44. The molecular formula is C19H27NO2. The summed E-state index contributed by atoms with van der Waals surface area (Å²) in [6, 6.07) is 6.64. The number of carbonyl (C=O) groups excluding carboxylic acids is 1. The van der Waals surface area contributed by atoms with Crippen LogP contribution < -0.4 is 4.74 Å². The Bertz CT molecular complexity index is 540. The lowest BCUT2D eigenvalue weighted by molar-refractivity contribution is -0.135. The van der Waals surface area contributed by atoms with E-state index < -0.39 is 0 Å². The third-order valence-corrected chi connectivity index (χ3v) is 5.39. The minimum atomic E-state index is 0.0965. The van der Waals surface area contributed by atoms with Gasteiger partial charge in [-0.05, 0) is 61.3 Å². The second kappa shape index (κ2) is 6.72. The van der Waals surface area contributed by atoms with E-state index in [9.17, 15) is 4.79 Å². The van der Waals surface area contributed by atoms with E-state index in [1.807, 2.05) is 18.0 Å². The molecule has 1 fully saturated rings. The summed E-state index contributed by atoms with van der Waals surface area (Å²) in [6.45, 7) is 2.41. The number of amides is 1. The number of hydrogen-bond acceptors (Lipinski definition) is 2. The molecule has 0 spiro atoms. The van der Waals surface area contributed by atoms with Gasteiger partial charge in [0.2, 0.25) is 0 Å². The summed E-state index contributed by atoms with van der Waals surface area (Å²) in [5.41, 5.74) is 2.83. The van der Waals surface area contributed by atoms with Crippen LogP contribution in [-0.2, 0) is 17.6 Å². The number of fused-ring (bicyclic) bond motifs is 1. The van der Waals surface area contributed by atoms with Gasteiger partial charge in [0.05, 0.1) is 0 Å². The lowest BCUT2D eigenvalue weighted by Gasteiger charge is -2.36. The highest BCUT2D eigenvalue weighted by molar-refractivity contribution is 5.77. The van der Waals surface area contributed by atoms with E-state index in [-0.39, 0.29) is 12.5 Å². The second-order valence-corrected chi connectivity index (χ2v) is 6.91. The van der Waals surface area contributed by atoms with E-state index in [0.717, 1.165) is 18.6 Å². The number of aryl methyl sites for hydroxylation is 2. The number of ether oxygens (including phenoxy) is 1. The van der Waals surface area contributed by atoms with Crippen LogP contribution in [0.3, 0.4) is 0 Å². The fourth-order valence-corrected chi connectivity index (χ4v) is 3.94. The lowest BCUT2D eigenvalue weighted by atomic mass is 9.85. The fraction of sp³-hybridized carbons (Fsp3) is 0.632. The molecule has 1 saturated carbocycles. The summed E-state index contributed by atoms with van der Waals surface area (Å²) in [6.07, 6.45) is 8.44. The molecule has 0 aliphatic heterocycles. The van der Waals surface area contributed by atoms with Gasteiger partial charge in [-0.1, -0.05) is 25.8 Å². The number of nitrogens with zero attached hydrogens (tertiary/aromatic N) is 1. The zero-order chi connectivity index (χ0) is 15.5. The zero-order valence-electron chi connectivity index (χ0n) is 13.8. The smallest absolute Gasteiger partial charge is 0.260 e. The number of likely N-dealkylation sites (N-methyl/N-ethyl adjacent to an activating group) is 1. The van der Waals surface area contributed by atoms with Crippen molar-refractivity contribution in [1.29, 1.82) is 0 Å². The normalized spacial score (nSPS) is 23.9. The van der Waals surface area contributed by atoms with Gasteiger partial charge < -0.3 is 9.64 Å². The highest BCUT2D eigenvalue weighted by Gasteiger charge is 2.27. The van der Waals surface area contributed by atoms with Gasteiger partial charge in [-0.15, -0.1) is 0 Å². The molecule has 3 heteroatoms. The van der Waals surface area contributed by atoms with Crippen LogP contribution in [-0.4, -0.2) is 30.5 Å². The van der Waals surface area contributed by atoms with Crippen LogP contribution in [0.5, 0.6) is 5.75 Å². The van der Waals surface area contributed by atoms with Gasteiger partial charge in [0, 0.05) is 13.1 Å². The van der Waals surface area contributed by atoms with E-state index in [4.69, 9.17) is 4.74 Å². The van der Waals surface area contributed by atoms with Crippen LogP contribution in [0, 0.1) is 5.92 Å². The summed E-state index contributed by atoms with van der Waals surface area (Å²) in [7, 11) is 1.93. The molecule has 0 N–H and O–H groups in total. The van der Waals surface area contributed by atoms with Crippen molar-refractivity contribution in [2.24, 2.45) is 5.92 Å². The van der Waals surface area contributed by atoms with Crippen molar-refractivity contribution in [3.05, 3.63) is 29.3 Å². The maximum atomic E-state index is 12.4. The standard InChI is InChI=1S/C19H27NO2/c1-14-6-3-4-9-18(14)20(2)19(21)13-22-17-11-10-15-7-5-8-16(15)12-17/h10-12,14,18H,3-9,13H2,1-2H3. The molecule has 0 heterocycles. The molecule has 3 nitrogen and oxygen atoms in total. The summed E-state index contributed by atoms with van der Waals surface area (Å²) in [5.74, 6) is 1.53. The predicted molar refractivity (Wildman–Crippen MR) is 88.2 cm³/mol. The molecule has 0 aromatic heterocycles. The molecule has 2 unspecified atom stereocenters. The molecule has 1 aromatic carbocycles. The molecule has 1 aromatic rings.